The van der Waals surface area contributed by atoms with E-state index in [1.807, 2.05) is 22.6 Å². The van der Waals surface area contributed by atoms with E-state index in [4.69, 9.17) is 16.3 Å². The predicted molar refractivity (Wildman–Crippen MR) is 91.4 cm³/mol. The van der Waals surface area contributed by atoms with Gasteiger partial charge in [-0.3, -0.25) is 0 Å². The second-order valence-corrected chi connectivity index (χ2v) is 7.09. The maximum absolute atomic E-state index is 13.4. The van der Waals surface area contributed by atoms with E-state index < -0.39 is 5.97 Å². The molecule has 1 aromatic carbocycles. The summed E-state index contributed by atoms with van der Waals surface area (Å²) in [7, 11) is 1.30. The maximum atomic E-state index is 13.4. The van der Waals surface area contributed by atoms with Crippen LogP contribution in [0.25, 0.3) is 0 Å². The Morgan fingerprint density at radius 3 is 2.95 bits per heavy atom. The van der Waals surface area contributed by atoms with Crippen molar-refractivity contribution in [1.82, 2.24) is 4.98 Å². The largest absolute Gasteiger partial charge is 0.493 e. The summed E-state index contributed by atoms with van der Waals surface area (Å²) in [6.45, 7) is 0.399. The van der Waals surface area contributed by atoms with Crippen LogP contribution in [0, 0.1) is 9.39 Å². The highest BCUT2D eigenvalue weighted by molar-refractivity contribution is 14.1. The molecule has 1 aromatic heterocycles. The Morgan fingerprint density at radius 1 is 1.50 bits per heavy atom. The molecule has 4 nitrogen and oxygen atoms in total. The Bertz CT molecular complexity index is 680. The second-order valence-electron chi connectivity index (χ2n) is 4.26. The quantitative estimate of drug-likeness (QED) is 0.369. The number of hydrogen-bond acceptors (Lipinski definition) is 5. The first-order valence-electron chi connectivity index (χ1n) is 6.32. The molecule has 0 fully saturated rings. The Morgan fingerprint density at radius 2 is 2.27 bits per heavy atom. The van der Waals surface area contributed by atoms with Crippen LogP contribution in [0.5, 0.6) is 5.75 Å². The molecule has 2 rings (SSSR count). The number of thiazole rings is 1. The van der Waals surface area contributed by atoms with Gasteiger partial charge in [0.05, 0.1) is 13.7 Å². The minimum Gasteiger partial charge on any atom is -0.493 e. The summed E-state index contributed by atoms with van der Waals surface area (Å²) in [5.74, 6) is -0.326. The standard InChI is InChI=1S/C14H12ClFINO3S/c1-20-13(19)12-11(22-14(15)18-12)3-2-6-21-8-4-5-10(17)9(16)7-8/h4-5,7H,2-3,6H2,1H3. The zero-order chi connectivity index (χ0) is 16.1. The van der Waals surface area contributed by atoms with Gasteiger partial charge in [-0.1, -0.05) is 11.6 Å². The van der Waals surface area contributed by atoms with Crippen molar-refractivity contribution in [3.05, 3.63) is 42.6 Å². The molecule has 0 atom stereocenters. The van der Waals surface area contributed by atoms with E-state index in [0.29, 0.717) is 33.2 Å². The fraction of sp³-hybridized carbons (Fsp3) is 0.286. The highest BCUT2D eigenvalue weighted by Crippen LogP contribution is 2.25. The summed E-state index contributed by atoms with van der Waals surface area (Å²) in [6.07, 6.45) is 1.23. The smallest absolute Gasteiger partial charge is 0.357 e. The van der Waals surface area contributed by atoms with Gasteiger partial charge >= 0.3 is 5.97 Å². The molecular weight excluding hydrogens is 444 g/mol. The fourth-order valence-corrected chi connectivity index (χ4v) is 3.25. The van der Waals surface area contributed by atoms with Gasteiger partial charge in [-0.15, -0.1) is 11.3 Å². The first-order valence-corrected chi connectivity index (χ1v) is 8.60. The molecule has 2 aromatic rings. The number of esters is 1. The molecule has 8 heteroatoms. The summed E-state index contributed by atoms with van der Waals surface area (Å²) >= 11 is 9.00. The van der Waals surface area contributed by atoms with Gasteiger partial charge in [-0.05, 0) is 47.6 Å². The van der Waals surface area contributed by atoms with E-state index >= 15 is 0 Å². The summed E-state index contributed by atoms with van der Waals surface area (Å²) in [5, 5.41) is 0. The van der Waals surface area contributed by atoms with Crippen LogP contribution >= 0.6 is 45.5 Å². The molecule has 0 aliphatic rings. The van der Waals surface area contributed by atoms with Crippen LogP contribution in [0.2, 0.25) is 4.47 Å². The Labute approximate surface area is 149 Å². The van der Waals surface area contributed by atoms with Crippen LogP contribution in [0.3, 0.4) is 0 Å². The summed E-state index contributed by atoms with van der Waals surface area (Å²) < 4.78 is 24.4. The molecule has 0 amide bonds. The molecule has 0 unspecified atom stereocenters. The van der Waals surface area contributed by atoms with Gasteiger partial charge in [-0.2, -0.15) is 0 Å². The Hall–Kier alpha value is -0.930. The number of rotatable bonds is 6. The van der Waals surface area contributed by atoms with Crippen molar-refractivity contribution in [2.75, 3.05) is 13.7 Å². The lowest BCUT2D eigenvalue weighted by molar-refractivity contribution is 0.0593. The zero-order valence-corrected chi connectivity index (χ0v) is 15.3. The van der Waals surface area contributed by atoms with Gasteiger partial charge in [0.1, 0.15) is 11.6 Å². The van der Waals surface area contributed by atoms with Crippen molar-refractivity contribution in [2.45, 2.75) is 12.8 Å². The van der Waals surface area contributed by atoms with Gasteiger partial charge in [0.2, 0.25) is 0 Å². The van der Waals surface area contributed by atoms with Crippen molar-refractivity contribution in [3.8, 4) is 5.75 Å². The number of benzene rings is 1. The van der Waals surface area contributed by atoms with Gasteiger partial charge in [0.25, 0.3) is 0 Å². The third kappa shape index (κ3) is 4.53. The van der Waals surface area contributed by atoms with Gasteiger partial charge in [0.15, 0.2) is 10.2 Å². The number of aromatic nitrogens is 1. The number of methoxy groups -OCH3 is 1. The fourth-order valence-electron chi connectivity index (χ4n) is 1.74. The highest BCUT2D eigenvalue weighted by atomic mass is 127. The van der Waals surface area contributed by atoms with Crippen LogP contribution in [-0.4, -0.2) is 24.7 Å². The molecule has 22 heavy (non-hydrogen) atoms. The van der Waals surface area contributed by atoms with Crippen LogP contribution in [0.1, 0.15) is 21.8 Å². The first kappa shape index (κ1) is 17.4. The molecule has 0 saturated carbocycles. The van der Waals surface area contributed by atoms with Gasteiger partial charge < -0.3 is 9.47 Å². The molecule has 0 aliphatic carbocycles. The van der Waals surface area contributed by atoms with Crippen molar-refractivity contribution >= 4 is 51.5 Å². The van der Waals surface area contributed by atoms with Crippen LogP contribution < -0.4 is 4.74 Å². The average Bonchev–Trinajstić information content (AvgIpc) is 2.87. The lowest BCUT2D eigenvalue weighted by Crippen LogP contribution is -2.06. The second kappa shape index (κ2) is 8.07. The highest BCUT2D eigenvalue weighted by Gasteiger charge is 2.17. The van der Waals surface area contributed by atoms with E-state index in [9.17, 15) is 9.18 Å². The minimum atomic E-state index is -0.501. The molecule has 0 aliphatic heterocycles. The third-order valence-corrected chi connectivity index (χ3v) is 4.85. The molecule has 0 N–H and O–H groups in total. The van der Waals surface area contributed by atoms with E-state index in [2.05, 4.69) is 9.72 Å². The molecule has 118 valence electrons. The molecular formula is C14H12ClFINO3S. The van der Waals surface area contributed by atoms with Crippen molar-refractivity contribution < 1.29 is 18.7 Å². The SMILES string of the molecule is COC(=O)c1nc(Cl)sc1CCCOc1ccc(I)c(F)c1. The Kier molecular flexibility index (Phi) is 6.39. The monoisotopic (exact) mass is 455 g/mol. The summed E-state index contributed by atoms with van der Waals surface area (Å²) in [6, 6.07) is 4.73. The predicted octanol–water partition coefficient (Wildman–Crippen LogP) is 4.34. The molecule has 1 heterocycles. The van der Waals surface area contributed by atoms with E-state index in [0.717, 1.165) is 4.88 Å². The summed E-state index contributed by atoms with van der Waals surface area (Å²) in [4.78, 5) is 16.3. The molecule has 0 saturated heterocycles. The normalized spacial score (nSPS) is 10.5. The van der Waals surface area contributed by atoms with Crippen molar-refractivity contribution in [3.63, 3.8) is 0 Å². The third-order valence-electron chi connectivity index (χ3n) is 2.76. The Balaban J connectivity index is 1.89. The van der Waals surface area contributed by atoms with Crippen LogP contribution in [0.15, 0.2) is 18.2 Å². The molecule has 0 spiro atoms. The van der Waals surface area contributed by atoms with Crippen LogP contribution in [-0.2, 0) is 11.2 Å². The van der Waals surface area contributed by atoms with E-state index in [1.54, 1.807) is 12.1 Å². The van der Waals surface area contributed by atoms with Crippen LogP contribution in [0.4, 0.5) is 4.39 Å². The number of nitrogens with zero attached hydrogens (tertiary/aromatic N) is 1. The minimum absolute atomic E-state index is 0.248. The molecule has 0 radical (unpaired) electrons. The topological polar surface area (TPSA) is 48.4 Å². The van der Waals surface area contributed by atoms with Crippen molar-refractivity contribution in [2.24, 2.45) is 0 Å². The maximum Gasteiger partial charge on any atom is 0.357 e. The number of carbonyl (C=O) groups excluding carboxylic acids is 1. The average molecular weight is 456 g/mol. The zero-order valence-electron chi connectivity index (χ0n) is 11.6. The number of carbonyl (C=O) groups is 1. The van der Waals surface area contributed by atoms with Crippen molar-refractivity contribution in [1.29, 1.82) is 0 Å². The lowest BCUT2D eigenvalue weighted by atomic mass is 10.2. The van der Waals surface area contributed by atoms with Gasteiger partial charge in [0, 0.05) is 14.5 Å². The van der Waals surface area contributed by atoms with E-state index in [1.165, 1.54) is 24.5 Å². The number of hydrogen-bond donors (Lipinski definition) is 0. The van der Waals surface area contributed by atoms with Gasteiger partial charge in [-0.25, -0.2) is 14.2 Å². The first-order chi connectivity index (χ1) is 10.5. The summed E-state index contributed by atoms with van der Waals surface area (Å²) in [5.41, 5.74) is 0.248. The lowest BCUT2D eigenvalue weighted by Gasteiger charge is -2.06. The number of ether oxygens (including phenoxy) is 2. The molecule has 0 bridgehead atoms. The number of aryl methyl sites for hydroxylation is 1. The van der Waals surface area contributed by atoms with E-state index in [-0.39, 0.29) is 11.5 Å². The number of halogens is 3.